The fraction of sp³-hybridized carbons (Fsp3) is 0.394. The average Bonchev–Trinajstić information content (AvgIpc) is 3.30. The molecule has 6 heteroatoms. The highest BCUT2D eigenvalue weighted by Crippen LogP contribution is 2.40. The lowest BCUT2D eigenvalue weighted by Crippen LogP contribution is -2.45. The Hall–Kier alpha value is -3.66. The van der Waals surface area contributed by atoms with Crippen molar-refractivity contribution < 1.29 is 23.7 Å². The van der Waals surface area contributed by atoms with Crippen LogP contribution in [0.15, 0.2) is 60.7 Å². The van der Waals surface area contributed by atoms with Crippen molar-refractivity contribution in [1.82, 2.24) is 0 Å². The van der Waals surface area contributed by atoms with Gasteiger partial charge in [0.05, 0.1) is 38.6 Å². The molecule has 1 aliphatic heterocycles. The summed E-state index contributed by atoms with van der Waals surface area (Å²) in [7, 11) is 0. The topological polar surface area (TPSA) is 58.4 Å². The third-order valence-electron chi connectivity index (χ3n) is 7.69. The van der Waals surface area contributed by atoms with E-state index in [1.165, 1.54) is 0 Å². The normalized spacial score (nSPS) is 14.6. The Morgan fingerprint density at radius 3 is 2.28 bits per heavy atom. The zero-order valence-electron chi connectivity index (χ0n) is 22.5. The number of ether oxygens (including phenoxy) is 4. The van der Waals surface area contributed by atoms with E-state index < -0.39 is 5.97 Å². The molecule has 1 saturated heterocycles. The summed E-state index contributed by atoms with van der Waals surface area (Å²) in [6, 6.07) is 18.6. The molecule has 6 nitrogen and oxygen atoms in total. The Bertz CT molecular complexity index is 1330. The summed E-state index contributed by atoms with van der Waals surface area (Å²) in [5.41, 5.74) is 5.88. The van der Waals surface area contributed by atoms with E-state index in [9.17, 15) is 4.79 Å². The molecule has 3 aromatic carbocycles. The predicted octanol–water partition coefficient (Wildman–Crippen LogP) is 7.41. The fourth-order valence-corrected chi connectivity index (χ4v) is 5.08. The van der Waals surface area contributed by atoms with Gasteiger partial charge in [-0.15, -0.1) is 0 Å². The Morgan fingerprint density at radius 2 is 1.59 bits per heavy atom. The van der Waals surface area contributed by atoms with Crippen molar-refractivity contribution in [3.63, 3.8) is 0 Å². The highest BCUT2D eigenvalue weighted by molar-refractivity contribution is 5.91. The highest BCUT2D eigenvalue weighted by atomic mass is 16.5. The maximum atomic E-state index is 12.7. The molecule has 2 aliphatic rings. The van der Waals surface area contributed by atoms with Crippen molar-refractivity contribution in [1.29, 1.82) is 0 Å². The third kappa shape index (κ3) is 6.50. The second-order valence-corrected chi connectivity index (χ2v) is 10.5. The van der Waals surface area contributed by atoms with Gasteiger partial charge in [-0.25, -0.2) is 9.64 Å². The Kier molecular flexibility index (Phi) is 8.61. The van der Waals surface area contributed by atoms with Crippen LogP contribution < -0.4 is 9.47 Å². The van der Waals surface area contributed by atoms with Crippen molar-refractivity contribution in [2.24, 2.45) is 5.41 Å². The van der Waals surface area contributed by atoms with Crippen molar-refractivity contribution >= 4 is 11.7 Å². The van der Waals surface area contributed by atoms with E-state index in [1.54, 1.807) is 12.1 Å². The molecule has 0 N–H and O–H groups in total. The maximum absolute atomic E-state index is 12.7. The van der Waals surface area contributed by atoms with Crippen LogP contribution in [0.4, 0.5) is 5.69 Å². The molecule has 202 valence electrons. The molecule has 0 spiro atoms. The van der Waals surface area contributed by atoms with Gasteiger partial charge in [-0.3, -0.25) is 0 Å². The molecule has 0 bridgehead atoms. The van der Waals surface area contributed by atoms with Crippen LogP contribution in [-0.2, 0) is 15.9 Å². The van der Waals surface area contributed by atoms with Crippen molar-refractivity contribution in [2.45, 2.75) is 45.4 Å². The summed E-state index contributed by atoms with van der Waals surface area (Å²) in [5, 5.41) is 0. The minimum atomic E-state index is -0.399. The van der Waals surface area contributed by atoms with Gasteiger partial charge in [-0.1, -0.05) is 37.6 Å². The number of rotatable bonds is 13. The molecule has 0 saturated carbocycles. The molecular weight excluding hydrogens is 490 g/mol. The SMILES string of the molecule is [C-]#[N+]c1ccc2c(c1)Cc1cc(OC(=O)c3ccc(OCCCCCCOCC4(CC)COC4)cc3)ccc1-2. The zero-order valence-corrected chi connectivity index (χ0v) is 22.5. The number of hydrogen-bond acceptors (Lipinski definition) is 5. The van der Waals surface area contributed by atoms with Gasteiger partial charge in [0.15, 0.2) is 5.69 Å². The first-order valence-corrected chi connectivity index (χ1v) is 13.8. The van der Waals surface area contributed by atoms with E-state index in [0.29, 0.717) is 23.6 Å². The first kappa shape index (κ1) is 26.9. The first-order chi connectivity index (χ1) is 19.1. The summed E-state index contributed by atoms with van der Waals surface area (Å²) in [6.07, 6.45) is 6.12. The smallest absolute Gasteiger partial charge is 0.343 e. The molecule has 0 aromatic heterocycles. The lowest BCUT2D eigenvalue weighted by Gasteiger charge is -2.40. The number of nitrogens with zero attached hydrogens (tertiary/aromatic N) is 1. The van der Waals surface area contributed by atoms with Gasteiger partial charge in [-0.2, -0.15) is 0 Å². The lowest BCUT2D eigenvalue weighted by molar-refractivity contribution is -0.150. The molecule has 39 heavy (non-hydrogen) atoms. The quantitative estimate of drug-likeness (QED) is 0.0787. The van der Waals surface area contributed by atoms with Crippen LogP contribution in [0.5, 0.6) is 11.5 Å². The van der Waals surface area contributed by atoms with Crippen molar-refractivity contribution in [3.05, 3.63) is 88.8 Å². The van der Waals surface area contributed by atoms with Gasteiger partial charge in [0, 0.05) is 12.0 Å². The van der Waals surface area contributed by atoms with E-state index in [1.807, 2.05) is 48.5 Å². The summed E-state index contributed by atoms with van der Waals surface area (Å²) in [4.78, 5) is 16.2. The number of hydrogen-bond donors (Lipinski definition) is 0. The Morgan fingerprint density at radius 1 is 0.897 bits per heavy atom. The van der Waals surface area contributed by atoms with E-state index in [2.05, 4.69) is 11.8 Å². The van der Waals surface area contributed by atoms with Gasteiger partial charge in [-0.05, 0) is 90.8 Å². The standard InChI is InChI=1S/C33H35NO5/c1-3-33(22-37-23-33)21-36-16-6-4-5-7-17-38-28-11-8-24(9-12-28)32(35)39-29-13-15-31-26(20-29)18-25-19-27(34-2)10-14-30(25)31/h8-15,19-20H,3-7,16-18,21-23H2,1H3. The lowest BCUT2D eigenvalue weighted by atomic mass is 9.84. The molecule has 0 unspecified atom stereocenters. The molecule has 0 amide bonds. The van der Waals surface area contributed by atoms with Gasteiger partial charge in [0.2, 0.25) is 0 Å². The highest BCUT2D eigenvalue weighted by Gasteiger charge is 2.36. The molecular formula is C33H35NO5. The number of carbonyl (C=O) groups is 1. The molecule has 0 radical (unpaired) electrons. The van der Waals surface area contributed by atoms with E-state index in [0.717, 1.165) is 93.0 Å². The van der Waals surface area contributed by atoms with Gasteiger partial charge >= 0.3 is 5.97 Å². The van der Waals surface area contributed by atoms with Crippen LogP contribution >= 0.6 is 0 Å². The second-order valence-electron chi connectivity index (χ2n) is 10.5. The Balaban J connectivity index is 1.01. The number of unbranched alkanes of at least 4 members (excludes halogenated alkanes) is 3. The molecule has 1 fully saturated rings. The average molecular weight is 526 g/mol. The van der Waals surface area contributed by atoms with E-state index in [4.69, 9.17) is 25.5 Å². The third-order valence-corrected chi connectivity index (χ3v) is 7.69. The minimum Gasteiger partial charge on any atom is -0.494 e. The van der Waals surface area contributed by atoms with Gasteiger partial charge in [0.25, 0.3) is 0 Å². The summed E-state index contributed by atoms with van der Waals surface area (Å²) >= 11 is 0. The first-order valence-electron chi connectivity index (χ1n) is 13.8. The Labute approximate surface area is 230 Å². The van der Waals surface area contributed by atoms with Crippen LogP contribution in [0.2, 0.25) is 0 Å². The number of carbonyl (C=O) groups excluding carboxylic acids is 1. The number of benzene rings is 3. The van der Waals surface area contributed by atoms with Gasteiger partial charge < -0.3 is 18.9 Å². The van der Waals surface area contributed by atoms with E-state index >= 15 is 0 Å². The number of esters is 1. The largest absolute Gasteiger partial charge is 0.494 e. The maximum Gasteiger partial charge on any atom is 0.343 e. The molecule has 0 atom stereocenters. The summed E-state index contributed by atoms with van der Waals surface area (Å²) < 4.78 is 22.7. The van der Waals surface area contributed by atoms with Crippen molar-refractivity contribution in [2.75, 3.05) is 33.0 Å². The summed E-state index contributed by atoms with van der Waals surface area (Å²) in [5.74, 6) is 0.866. The summed E-state index contributed by atoms with van der Waals surface area (Å²) in [6.45, 7) is 13.4. The van der Waals surface area contributed by atoms with Crippen LogP contribution in [0, 0.1) is 12.0 Å². The van der Waals surface area contributed by atoms with Crippen LogP contribution in [0.3, 0.4) is 0 Å². The van der Waals surface area contributed by atoms with Crippen LogP contribution in [0.25, 0.3) is 16.0 Å². The second kappa shape index (κ2) is 12.5. The fourth-order valence-electron chi connectivity index (χ4n) is 5.08. The van der Waals surface area contributed by atoms with Crippen molar-refractivity contribution in [3.8, 4) is 22.6 Å². The van der Waals surface area contributed by atoms with Gasteiger partial charge in [0.1, 0.15) is 11.5 Å². The molecule has 1 aliphatic carbocycles. The predicted molar refractivity (Wildman–Crippen MR) is 151 cm³/mol. The number of fused-ring (bicyclic) bond motifs is 3. The molecule has 1 heterocycles. The molecule has 3 aromatic rings. The minimum absolute atomic E-state index is 0.264. The van der Waals surface area contributed by atoms with Crippen LogP contribution in [-0.4, -0.2) is 39.0 Å². The molecule has 5 rings (SSSR count). The van der Waals surface area contributed by atoms with E-state index in [-0.39, 0.29) is 5.41 Å². The van der Waals surface area contributed by atoms with Crippen LogP contribution in [0.1, 0.15) is 60.5 Å². The monoisotopic (exact) mass is 525 g/mol. The zero-order chi connectivity index (χ0) is 27.1.